The fourth-order valence-electron chi connectivity index (χ4n) is 4.38. The van der Waals surface area contributed by atoms with Crippen LogP contribution in [0.2, 0.25) is 0 Å². The number of anilines is 1. The van der Waals surface area contributed by atoms with Gasteiger partial charge in [0, 0.05) is 26.5 Å². The number of carbonyl (C=O) groups is 4. The van der Waals surface area contributed by atoms with Gasteiger partial charge in [0.2, 0.25) is 11.8 Å². The quantitative estimate of drug-likeness (QED) is 0.171. The molecule has 47 heavy (non-hydrogen) atoms. The van der Waals surface area contributed by atoms with Crippen molar-refractivity contribution in [3.63, 3.8) is 0 Å². The lowest BCUT2D eigenvalue weighted by Gasteiger charge is -2.29. The summed E-state index contributed by atoms with van der Waals surface area (Å²) in [5.41, 5.74) is -0.582. The van der Waals surface area contributed by atoms with Gasteiger partial charge in [0.15, 0.2) is 5.82 Å². The second-order valence-electron chi connectivity index (χ2n) is 12.4. The second kappa shape index (κ2) is 17.2. The summed E-state index contributed by atoms with van der Waals surface area (Å²) in [6, 6.07) is 16.7. The Balaban J connectivity index is 1.76. The first-order valence-electron chi connectivity index (χ1n) is 15.4. The third kappa shape index (κ3) is 12.2. The van der Waals surface area contributed by atoms with Crippen molar-refractivity contribution in [1.82, 2.24) is 25.5 Å². The molecule has 1 unspecified atom stereocenters. The number of aromatic nitrogens is 2. The fourth-order valence-corrected chi connectivity index (χ4v) is 4.38. The van der Waals surface area contributed by atoms with Gasteiger partial charge in [0.25, 0.3) is 5.91 Å². The smallest absolute Gasteiger partial charge is 0.408 e. The summed E-state index contributed by atoms with van der Waals surface area (Å²) in [6.45, 7) is 9.10. The summed E-state index contributed by atoms with van der Waals surface area (Å²) < 4.78 is 17.8. The Morgan fingerprint density at radius 2 is 1.57 bits per heavy atom. The van der Waals surface area contributed by atoms with Crippen LogP contribution in [0.15, 0.2) is 73.2 Å². The molecule has 0 fully saturated rings. The summed E-state index contributed by atoms with van der Waals surface area (Å²) in [5.74, 6) is -1.32. The first-order valence-corrected chi connectivity index (χ1v) is 15.4. The van der Waals surface area contributed by atoms with E-state index >= 15 is 0 Å². The van der Waals surface area contributed by atoms with Crippen molar-refractivity contribution >= 4 is 29.6 Å². The third-order valence-electron chi connectivity index (χ3n) is 6.74. The predicted molar refractivity (Wildman–Crippen MR) is 176 cm³/mol. The van der Waals surface area contributed by atoms with Gasteiger partial charge in [-0.25, -0.2) is 9.78 Å². The van der Waals surface area contributed by atoms with Crippen LogP contribution >= 0.6 is 0 Å². The standard InChI is InChI=1S/C34H46N6O7/c1-33(2,3)47-32(44)39-34(4,5)31(43)37-26(22-46-21-24-14-9-7-10-15-24)29(41)38-27-20-40(23-36-27)28(25-16-11-8-12-17-25)30(42)35-18-13-19-45-6/h7-12,14-17,20,23,26,28H,13,18-19,21-22H2,1-6H3,(H,35,42)(H,37,43)(H,38,41)(H,39,44)/t26-,28?/m1/s1. The maximum absolute atomic E-state index is 13.6. The van der Waals surface area contributed by atoms with E-state index in [2.05, 4.69) is 26.3 Å². The highest BCUT2D eigenvalue weighted by Crippen LogP contribution is 2.21. The minimum Gasteiger partial charge on any atom is -0.444 e. The van der Waals surface area contributed by atoms with E-state index in [1.54, 1.807) is 38.6 Å². The van der Waals surface area contributed by atoms with Gasteiger partial charge < -0.3 is 40.0 Å². The zero-order chi connectivity index (χ0) is 34.5. The first-order chi connectivity index (χ1) is 22.3. The molecule has 13 heteroatoms. The molecule has 1 heterocycles. The van der Waals surface area contributed by atoms with Gasteiger partial charge in [-0.1, -0.05) is 60.7 Å². The highest BCUT2D eigenvalue weighted by Gasteiger charge is 2.35. The van der Waals surface area contributed by atoms with E-state index in [-0.39, 0.29) is 24.9 Å². The number of hydrogen-bond acceptors (Lipinski definition) is 8. The minimum atomic E-state index is -1.43. The van der Waals surface area contributed by atoms with Crippen molar-refractivity contribution in [2.45, 2.75) is 70.9 Å². The Hall–Kier alpha value is -4.75. The largest absolute Gasteiger partial charge is 0.444 e. The van der Waals surface area contributed by atoms with Crippen LogP contribution in [0, 0.1) is 0 Å². The van der Waals surface area contributed by atoms with E-state index in [0.717, 1.165) is 11.1 Å². The molecule has 1 aromatic heterocycles. The van der Waals surface area contributed by atoms with Crippen LogP contribution in [0.3, 0.4) is 0 Å². The van der Waals surface area contributed by atoms with Crippen LogP contribution in [0.25, 0.3) is 0 Å². The lowest BCUT2D eigenvalue weighted by atomic mass is 10.0. The summed E-state index contributed by atoms with van der Waals surface area (Å²) in [6.07, 6.45) is 2.87. The van der Waals surface area contributed by atoms with E-state index < -0.39 is 41.1 Å². The van der Waals surface area contributed by atoms with Crippen molar-refractivity contribution in [2.75, 3.05) is 32.2 Å². The molecule has 0 radical (unpaired) electrons. The number of imidazole rings is 1. The van der Waals surface area contributed by atoms with E-state index in [1.165, 1.54) is 20.2 Å². The lowest BCUT2D eigenvalue weighted by molar-refractivity contribution is -0.131. The molecular weight excluding hydrogens is 604 g/mol. The van der Waals surface area contributed by atoms with Crippen LogP contribution in [-0.2, 0) is 35.2 Å². The average Bonchev–Trinajstić information content (AvgIpc) is 3.46. The molecular formula is C34H46N6O7. The number of nitrogens with one attached hydrogen (secondary N) is 4. The summed E-state index contributed by atoms with van der Waals surface area (Å²) in [7, 11) is 1.60. The SMILES string of the molecule is COCCCNC(=O)C(c1ccccc1)n1cnc(NC(=O)[C@@H](COCc2ccccc2)NC(=O)C(C)(C)NC(=O)OC(C)(C)C)c1. The molecule has 4 amide bonds. The maximum atomic E-state index is 13.6. The molecule has 3 rings (SSSR count). The van der Waals surface area contributed by atoms with Crippen LogP contribution in [0.4, 0.5) is 10.6 Å². The Morgan fingerprint density at radius 1 is 0.915 bits per heavy atom. The number of carbonyl (C=O) groups excluding carboxylic acids is 4. The molecule has 0 spiro atoms. The number of nitrogens with zero attached hydrogens (tertiary/aromatic N) is 2. The molecule has 2 aromatic carbocycles. The van der Waals surface area contributed by atoms with Crippen molar-refractivity contribution < 1.29 is 33.4 Å². The van der Waals surface area contributed by atoms with Crippen molar-refractivity contribution in [3.05, 3.63) is 84.3 Å². The number of hydrogen-bond donors (Lipinski definition) is 4. The Kier molecular flexibility index (Phi) is 13.5. The predicted octanol–water partition coefficient (Wildman–Crippen LogP) is 3.57. The lowest BCUT2D eigenvalue weighted by Crippen LogP contribution is -2.59. The highest BCUT2D eigenvalue weighted by atomic mass is 16.6. The first kappa shape index (κ1) is 36.7. The number of rotatable bonds is 16. The van der Waals surface area contributed by atoms with Crippen molar-refractivity contribution in [3.8, 4) is 0 Å². The molecule has 0 aliphatic rings. The van der Waals surface area contributed by atoms with Gasteiger partial charge in [-0.3, -0.25) is 14.4 Å². The molecule has 2 atom stereocenters. The molecule has 254 valence electrons. The monoisotopic (exact) mass is 650 g/mol. The van der Waals surface area contributed by atoms with E-state index in [4.69, 9.17) is 14.2 Å². The number of alkyl carbamates (subject to hydrolysis) is 1. The van der Waals surface area contributed by atoms with E-state index in [0.29, 0.717) is 19.6 Å². The molecule has 13 nitrogen and oxygen atoms in total. The average molecular weight is 651 g/mol. The van der Waals surface area contributed by atoms with Crippen LogP contribution in [0.5, 0.6) is 0 Å². The number of methoxy groups -OCH3 is 1. The van der Waals surface area contributed by atoms with Gasteiger partial charge in [-0.15, -0.1) is 0 Å². The van der Waals surface area contributed by atoms with E-state index in [1.807, 2.05) is 60.7 Å². The summed E-state index contributed by atoms with van der Waals surface area (Å²) >= 11 is 0. The van der Waals surface area contributed by atoms with Gasteiger partial charge in [-0.05, 0) is 52.2 Å². The molecule has 3 aromatic rings. The normalized spacial score (nSPS) is 12.8. The number of amides is 4. The van der Waals surface area contributed by atoms with Gasteiger partial charge in [0.05, 0.1) is 19.5 Å². The second-order valence-corrected chi connectivity index (χ2v) is 12.4. The van der Waals surface area contributed by atoms with Gasteiger partial charge in [-0.2, -0.15) is 0 Å². The Labute approximate surface area is 275 Å². The maximum Gasteiger partial charge on any atom is 0.408 e. The van der Waals surface area contributed by atoms with Crippen molar-refractivity contribution in [2.24, 2.45) is 0 Å². The van der Waals surface area contributed by atoms with Crippen LogP contribution < -0.4 is 21.3 Å². The number of ether oxygens (including phenoxy) is 3. The number of benzene rings is 2. The third-order valence-corrected chi connectivity index (χ3v) is 6.74. The zero-order valence-corrected chi connectivity index (χ0v) is 27.9. The van der Waals surface area contributed by atoms with Crippen molar-refractivity contribution in [1.29, 1.82) is 0 Å². The Morgan fingerprint density at radius 3 is 2.21 bits per heavy atom. The zero-order valence-electron chi connectivity index (χ0n) is 27.9. The van der Waals surface area contributed by atoms with E-state index in [9.17, 15) is 19.2 Å². The molecule has 0 saturated carbocycles. The highest BCUT2D eigenvalue weighted by molar-refractivity contribution is 5.98. The topological polar surface area (TPSA) is 162 Å². The molecule has 0 aliphatic carbocycles. The summed E-state index contributed by atoms with van der Waals surface area (Å²) in [5, 5.41) is 10.9. The molecule has 0 aliphatic heterocycles. The molecule has 0 bridgehead atoms. The van der Waals surface area contributed by atoms with Gasteiger partial charge >= 0.3 is 6.09 Å². The minimum absolute atomic E-state index is 0.163. The molecule has 4 N–H and O–H groups in total. The van der Waals surface area contributed by atoms with Gasteiger partial charge in [0.1, 0.15) is 23.2 Å². The van der Waals surface area contributed by atoms with Crippen LogP contribution in [-0.4, -0.2) is 77.4 Å². The summed E-state index contributed by atoms with van der Waals surface area (Å²) in [4.78, 5) is 56.9. The fraction of sp³-hybridized carbons (Fsp3) is 0.441. The Bertz CT molecular complexity index is 1450. The molecule has 0 saturated heterocycles. The van der Waals surface area contributed by atoms with Crippen LogP contribution in [0.1, 0.15) is 58.2 Å².